The van der Waals surface area contributed by atoms with Crippen LogP contribution in [0.5, 0.6) is 0 Å². The molecule has 0 aromatic rings. The van der Waals surface area contributed by atoms with Crippen LogP contribution in [0, 0.1) is 17.8 Å². The molecule has 0 aliphatic heterocycles. The zero-order valence-electron chi connectivity index (χ0n) is 11.4. The second-order valence-corrected chi connectivity index (χ2v) is 5.72. The monoisotopic (exact) mass is 275 g/mol. The molecule has 2 saturated carbocycles. The maximum Gasteiger partial charge on any atom is 0.237 e. The Morgan fingerprint density at radius 1 is 1.15 bits per heavy atom. The Morgan fingerprint density at radius 2 is 1.85 bits per heavy atom. The van der Waals surface area contributed by atoms with E-state index in [9.17, 15) is 14.4 Å². The third-order valence-corrected chi connectivity index (χ3v) is 4.75. The van der Waals surface area contributed by atoms with Crippen molar-refractivity contribution in [1.82, 2.24) is 0 Å². The third-order valence-electron chi connectivity index (χ3n) is 4.75. The molecule has 2 aliphatic rings. The molecule has 0 N–H and O–H groups in total. The first-order valence-electron chi connectivity index (χ1n) is 6.93. The molecule has 0 heterocycles. The molecule has 6 nitrogen and oxygen atoms in total. The number of hydrogen-bond donors (Lipinski definition) is 0. The van der Waals surface area contributed by atoms with E-state index in [4.69, 9.17) is 0 Å². The number of fused-ring (bicyclic) bond motifs is 2. The molecule has 0 radical (unpaired) electrons. The van der Waals surface area contributed by atoms with Gasteiger partial charge in [-0.05, 0) is 37.5 Å². The highest BCUT2D eigenvalue weighted by Gasteiger charge is 2.57. The van der Waals surface area contributed by atoms with Crippen LogP contribution in [0.4, 0.5) is 0 Å². The Labute approximate surface area is 117 Å². The number of aliphatic imine (C=N–C) groups is 3. The maximum absolute atomic E-state index is 10.8. The van der Waals surface area contributed by atoms with Gasteiger partial charge in [0.2, 0.25) is 18.2 Å². The molecular weight excluding hydrogens is 258 g/mol. The smallest absolute Gasteiger partial charge is 0.211 e. The van der Waals surface area contributed by atoms with Crippen LogP contribution in [0.15, 0.2) is 15.0 Å². The normalized spacial score (nSPS) is 35.5. The van der Waals surface area contributed by atoms with E-state index in [0.717, 1.165) is 32.1 Å². The van der Waals surface area contributed by atoms with E-state index in [1.807, 2.05) is 6.92 Å². The first-order valence-corrected chi connectivity index (χ1v) is 6.93. The van der Waals surface area contributed by atoms with Crippen LogP contribution in [0.25, 0.3) is 0 Å². The third kappa shape index (κ3) is 2.41. The predicted octanol–water partition coefficient (Wildman–Crippen LogP) is 1.90. The zero-order valence-corrected chi connectivity index (χ0v) is 11.4. The molecule has 0 aromatic carbocycles. The van der Waals surface area contributed by atoms with Crippen LogP contribution in [0.2, 0.25) is 0 Å². The summed E-state index contributed by atoms with van der Waals surface area (Å²) in [5.74, 6) is 0.522. The highest BCUT2D eigenvalue weighted by atomic mass is 16.1. The van der Waals surface area contributed by atoms with Crippen LogP contribution >= 0.6 is 0 Å². The molecule has 2 aliphatic carbocycles. The average Bonchev–Trinajstić information content (AvgIpc) is 2.97. The molecule has 4 unspecified atom stereocenters. The molecule has 106 valence electrons. The van der Waals surface area contributed by atoms with Gasteiger partial charge in [-0.3, -0.25) is 0 Å². The number of rotatable bonds is 6. The van der Waals surface area contributed by atoms with Crippen molar-refractivity contribution in [2.45, 2.75) is 50.7 Å². The Hall–Kier alpha value is -1.86. The van der Waals surface area contributed by atoms with Crippen LogP contribution in [0.1, 0.15) is 39.0 Å². The minimum Gasteiger partial charge on any atom is -0.211 e. The zero-order chi connectivity index (χ0) is 14.6. The van der Waals surface area contributed by atoms with Crippen LogP contribution in [-0.2, 0) is 14.4 Å². The quantitative estimate of drug-likeness (QED) is 0.547. The molecule has 2 rings (SSSR count). The summed E-state index contributed by atoms with van der Waals surface area (Å²) < 4.78 is 0. The van der Waals surface area contributed by atoms with Crippen molar-refractivity contribution in [2.24, 2.45) is 32.7 Å². The number of isocyanates is 3. The lowest BCUT2D eigenvalue weighted by molar-refractivity contribution is 0.165. The number of nitrogens with zero attached hydrogens (tertiary/aromatic N) is 3. The van der Waals surface area contributed by atoms with E-state index in [-0.39, 0.29) is 11.8 Å². The van der Waals surface area contributed by atoms with Crippen LogP contribution < -0.4 is 0 Å². The molecule has 20 heavy (non-hydrogen) atoms. The molecule has 2 fully saturated rings. The molecule has 0 aromatic heterocycles. The van der Waals surface area contributed by atoms with E-state index in [2.05, 4.69) is 15.0 Å². The van der Waals surface area contributed by atoms with E-state index >= 15 is 0 Å². The Balaban J connectivity index is 2.32. The Morgan fingerprint density at radius 3 is 2.35 bits per heavy atom. The largest absolute Gasteiger partial charge is 0.237 e. The summed E-state index contributed by atoms with van der Waals surface area (Å²) in [7, 11) is 0. The van der Waals surface area contributed by atoms with E-state index in [0.29, 0.717) is 5.92 Å². The van der Waals surface area contributed by atoms with Gasteiger partial charge in [0.15, 0.2) is 6.17 Å². The highest BCUT2D eigenvalue weighted by molar-refractivity contribution is 5.38. The van der Waals surface area contributed by atoms with Crippen molar-refractivity contribution in [3.05, 3.63) is 0 Å². The summed E-state index contributed by atoms with van der Waals surface area (Å²) in [4.78, 5) is 43.1. The van der Waals surface area contributed by atoms with Gasteiger partial charge in [-0.2, -0.15) is 15.0 Å². The molecule has 0 spiro atoms. The minimum absolute atomic E-state index is 0.0414. The lowest BCUT2D eigenvalue weighted by atomic mass is 9.71. The van der Waals surface area contributed by atoms with Gasteiger partial charge in [0.1, 0.15) is 0 Å². The molecule has 0 amide bonds. The van der Waals surface area contributed by atoms with Crippen molar-refractivity contribution in [3.63, 3.8) is 0 Å². The van der Waals surface area contributed by atoms with Gasteiger partial charge in [0.25, 0.3) is 0 Å². The summed E-state index contributed by atoms with van der Waals surface area (Å²) in [6.07, 6.45) is 8.31. The molecule has 4 atom stereocenters. The second-order valence-electron chi connectivity index (χ2n) is 5.72. The lowest BCUT2D eigenvalue weighted by Crippen LogP contribution is -2.41. The Kier molecular flexibility index (Phi) is 4.41. The maximum atomic E-state index is 10.8. The van der Waals surface area contributed by atoms with Crippen molar-refractivity contribution in [1.29, 1.82) is 0 Å². The predicted molar refractivity (Wildman–Crippen MR) is 70.1 cm³/mol. The number of carbonyl (C=O) groups excluding carboxylic acids is 3. The van der Waals surface area contributed by atoms with Gasteiger partial charge in [0.05, 0.1) is 5.54 Å². The molecular formula is C14H17N3O3. The van der Waals surface area contributed by atoms with E-state index in [1.54, 1.807) is 6.08 Å². The summed E-state index contributed by atoms with van der Waals surface area (Å²) in [5.41, 5.74) is -0.418. The van der Waals surface area contributed by atoms with E-state index < -0.39 is 11.7 Å². The number of hydrogen-bond acceptors (Lipinski definition) is 6. The molecule has 2 bridgehead atoms. The van der Waals surface area contributed by atoms with Crippen molar-refractivity contribution < 1.29 is 14.4 Å². The van der Waals surface area contributed by atoms with Crippen molar-refractivity contribution in [2.75, 3.05) is 0 Å². The fourth-order valence-electron chi connectivity index (χ4n) is 4.27. The molecule has 0 saturated heterocycles. The topological polar surface area (TPSA) is 88.3 Å². The van der Waals surface area contributed by atoms with Gasteiger partial charge < -0.3 is 0 Å². The van der Waals surface area contributed by atoms with Gasteiger partial charge in [-0.25, -0.2) is 14.4 Å². The minimum atomic E-state index is -0.738. The summed E-state index contributed by atoms with van der Waals surface area (Å²) in [6, 6.07) is 0. The first kappa shape index (κ1) is 14.5. The summed E-state index contributed by atoms with van der Waals surface area (Å²) in [6.45, 7) is 2.05. The van der Waals surface area contributed by atoms with Gasteiger partial charge in [0, 0.05) is 5.92 Å². The standard InChI is InChI=1S/C14H17N3O3/c1-2-3-14(17-9-20)6-10-4-11(12(14)5-10)13(15-7-18)16-8-19/h10-13H,2-6H2,1H3. The van der Waals surface area contributed by atoms with Gasteiger partial charge >= 0.3 is 0 Å². The Bertz CT molecular complexity index is 498. The lowest BCUT2D eigenvalue weighted by Gasteiger charge is -2.38. The van der Waals surface area contributed by atoms with Crippen molar-refractivity contribution in [3.8, 4) is 0 Å². The fourth-order valence-corrected chi connectivity index (χ4v) is 4.27. The molecule has 6 heteroatoms. The second kappa shape index (κ2) is 6.06. The SMILES string of the molecule is CCCC1(N=C=O)CC2CC(C(N=C=O)N=C=O)C1C2. The van der Waals surface area contributed by atoms with Crippen LogP contribution in [0.3, 0.4) is 0 Å². The van der Waals surface area contributed by atoms with Crippen LogP contribution in [-0.4, -0.2) is 29.9 Å². The summed E-state index contributed by atoms with van der Waals surface area (Å²) in [5, 5.41) is 0. The van der Waals surface area contributed by atoms with Gasteiger partial charge in [-0.15, -0.1) is 0 Å². The van der Waals surface area contributed by atoms with Crippen molar-refractivity contribution >= 4 is 18.2 Å². The van der Waals surface area contributed by atoms with Gasteiger partial charge in [-0.1, -0.05) is 13.3 Å². The average molecular weight is 275 g/mol. The van der Waals surface area contributed by atoms with E-state index in [1.165, 1.54) is 12.2 Å². The fraction of sp³-hybridized carbons (Fsp3) is 0.786. The highest BCUT2D eigenvalue weighted by Crippen LogP contribution is 2.58. The first-order chi connectivity index (χ1) is 9.70. The summed E-state index contributed by atoms with van der Waals surface area (Å²) >= 11 is 0.